The van der Waals surface area contributed by atoms with Crippen molar-refractivity contribution in [2.75, 3.05) is 18.1 Å². The molecule has 2 aromatic rings. The average molecular weight is 465 g/mol. The van der Waals surface area contributed by atoms with Crippen LogP contribution in [0.25, 0.3) is 0 Å². The number of carbonyl (C=O) groups is 3. The molecule has 0 fully saturated rings. The first-order valence-corrected chi connectivity index (χ1v) is 11.6. The Balaban J connectivity index is 1.75. The van der Waals surface area contributed by atoms with Gasteiger partial charge in [0.05, 0.1) is 19.1 Å². The molecule has 0 saturated heterocycles. The molecule has 0 heterocycles. The van der Waals surface area contributed by atoms with Crippen LogP contribution in [-0.4, -0.2) is 30.9 Å². The zero-order chi connectivity index (χ0) is 24.6. The number of carbonyl (C=O) groups excluding carboxylic acids is 3. The van der Waals surface area contributed by atoms with Crippen molar-refractivity contribution in [1.82, 2.24) is 10.9 Å². The molecule has 0 spiro atoms. The fourth-order valence-electron chi connectivity index (χ4n) is 3.21. The van der Waals surface area contributed by atoms with Crippen LogP contribution in [0.1, 0.15) is 62.2 Å². The summed E-state index contributed by atoms with van der Waals surface area (Å²) >= 11 is 0. The van der Waals surface area contributed by atoms with Crippen molar-refractivity contribution in [2.24, 2.45) is 0 Å². The minimum Gasteiger partial charge on any atom is -0.494 e. The number of amides is 3. The highest BCUT2D eigenvalue weighted by atomic mass is 16.5. The summed E-state index contributed by atoms with van der Waals surface area (Å²) < 4.78 is 5.66. The van der Waals surface area contributed by atoms with Gasteiger partial charge in [0.1, 0.15) is 5.75 Å². The number of nitrogens with one attached hydrogen (secondary N) is 2. The Kier molecular flexibility index (Phi) is 11.7. The summed E-state index contributed by atoms with van der Waals surface area (Å²) in [6.07, 6.45) is 4.52. The summed E-state index contributed by atoms with van der Waals surface area (Å²) in [5, 5.41) is 8.86. The number of hydrogen-bond donors (Lipinski definition) is 2. The lowest BCUT2D eigenvalue weighted by molar-refractivity contribution is -0.125. The Bertz CT molecular complexity index is 955. The van der Waals surface area contributed by atoms with Gasteiger partial charge in [-0.15, -0.1) is 0 Å². The Labute approximate surface area is 200 Å². The van der Waals surface area contributed by atoms with Crippen molar-refractivity contribution < 1.29 is 19.1 Å². The lowest BCUT2D eigenvalue weighted by atomic mass is 10.2. The van der Waals surface area contributed by atoms with Gasteiger partial charge in [-0.25, -0.2) is 0 Å². The van der Waals surface area contributed by atoms with Gasteiger partial charge >= 0.3 is 0 Å². The van der Waals surface area contributed by atoms with Gasteiger partial charge in [0.25, 0.3) is 5.91 Å². The van der Waals surface area contributed by atoms with Gasteiger partial charge in [0.15, 0.2) is 0 Å². The fraction of sp³-hybridized carbons (Fsp3) is 0.385. The van der Waals surface area contributed by atoms with E-state index in [0.717, 1.165) is 12.8 Å². The molecule has 0 atom stereocenters. The Morgan fingerprint density at radius 2 is 1.68 bits per heavy atom. The van der Waals surface area contributed by atoms with Crippen LogP contribution in [0.4, 0.5) is 5.69 Å². The summed E-state index contributed by atoms with van der Waals surface area (Å²) in [7, 11) is 0. The average Bonchev–Trinajstić information content (AvgIpc) is 2.87. The van der Waals surface area contributed by atoms with Gasteiger partial charge in [0.2, 0.25) is 11.8 Å². The number of nitriles is 1. The summed E-state index contributed by atoms with van der Waals surface area (Å²) in [5.41, 5.74) is 5.74. The van der Waals surface area contributed by atoms with E-state index in [2.05, 4.69) is 17.8 Å². The maximum Gasteiger partial charge on any atom is 0.269 e. The van der Waals surface area contributed by atoms with Crippen molar-refractivity contribution in [3.63, 3.8) is 0 Å². The molecule has 34 heavy (non-hydrogen) atoms. The van der Waals surface area contributed by atoms with E-state index in [4.69, 9.17) is 10.00 Å². The molecule has 2 aromatic carbocycles. The van der Waals surface area contributed by atoms with E-state index in [1.54, 1.807) is 48.5 Å². The minimum atomic E-state index is -0.484. The summed E-state index contributed by atoms with van der Waals surface area (Å²) in [6.45, 7) is 3.04. The quantitative estimate of drug-likeness (QED) is 0.342. The van der Waals surface area contributed by atoms with Gasteiger partial charge in [-0.2, -0.15) is 5.26 Å². The highest BCUT2D eigenvalue weighted by molar-refractivity contribution is 5.97. The summed E-state index contributed by atoms with van der Waals surface area (Å²) in [5.74, 6) is -0.528. The number of nitrogens with zero attached hydrogens (tertiary/aromatic N) is 2. The monoisotopic (exact) mass is 464 g/mol. The highest BCUT2D eigenvalue weighted by Gasteiger charge is 2.17. The standard InChI is InChI=1S/C26H32N4O4/c1-2-3-4-8-20-34-23-14-12-21(13-15-23)26(33)29-28-24(31)16-17-25(32)30(19-9-18-27)22-10-6-5-7-11-22/h5-7,10-15H,2-4,8-9,16-17,19-20H2,1H3,(H,28,31)(H,29,33). The molecule has 8 nitrogen and oxygen atoms in total. The van der Waals surface area contributed by atoms with E-state index in [-0.39, 0.29) is 31.7 Å². The summed E-state index contributed by atoms with van der Waals surface area (Å²) in [6, 6.07) is 17.7. The van der Waals surface area contributed by atoms with E-state index in [9.17, 15) is 14.4 Å². The molecular formula is C26H32N4O4. The van der Waals surface area contributed by atoms with Crippen LogP contribution in [0, 0.1) is 11.3 Å². The molecule has 0 aromatic heterocycles. The predicted molar refractivity (Wildman–Crippen MR) is 130 cm³/mol. The van der Waals surface area contributed by atoms with Crippen molar-refractivity contribution >= 4 is 23.4 Å². The SMILES string of the molecule is CCCCCCOc1ccc(C(=O)NNC(=O)CCC(=O)N(CCC#N)c2ccccc2)cc1. The first-order chi connectivity index (χ1) is 16.5. The van der Waals surface area contributed by atoms with E-state index >= 15 is 0 Å². The van der Waals surface area contributed by atoms with E-state index in [1.807, 2.05) is 12.1 Å². The zero-order valence-electron chi connectivity index (χ0n) is 19.6. The third kappa shape index (κ3) is 9.33. The predicted octanol–water partition coefficient (Wildman–Crippen LogP) is 4.13. The van der Waals surface area contributed by atoms with Crippen molar-refractivity contribution in [1.29, 1.82) is 5.26 Å². The third-order valence-electron chi connectivity index (χ3n) is 5.08. The maximum absolute atomic E-state index is 12.6. The number of hydrazine groups is 1. The van der Waals surface area contributed by atoms with Crippen LogP contribution in [0.5, 0.6) is 5.75 Å². The van der Waals surface area contributed by atoms with Gasteiger partial charge in [-0.3, -0.25) is 25.2 Å². The largest absolute Gasteiger partial charge is 0.494 e. The van der Waals surface area contributed by atoms with Crippen LogP contribution in [0.2, 0.25) is 0 Å². The van der Waals surface area contributed by atoms with Gasteiger partial charge < -0.3 is 9.64 Å². The molecule has 0 saturated carbocycles. The third-order valence-corrected chi connectivity index (χ3v) is 5.08. The van der Waals surface area contributed by atoms with Crippen LogP contribution < -0.4 is 20.5 Å². The second-order valence-corrected chi connectivity index (χ2v) is 7.72. The van der Waals surface area contributed by atoms with Crippen molar-refractivity contribution in [2.45, 2.75) is 51.9 Å². The zero-order valence-corrected chi connectivity index (χ0v) is 19.6. The molecule has 180 valence electrons. The van der Waals surface area contributed by atoms with E-state index in [1.165, 1.54) is 17.7 Å². The van der Waals surface area contributed by atoms with Crippen LogP contribution in [0.3, 0.4) is 0 Å². The molecule has 3 amide bonds. The van der Waals surface area contributed by atoms with Crippen molar-refractivity contribution in [3.8, 4) is 11.8 Å². The Morgan fingerprint density at radius 1 is 0.941 bits per heavy atom. The molecule has 0 aliphatic rings. The molecule has 0 radical (unpaired) electrons. The van der Waals surface area contributed by atoms with Gasteiger partial charge in [0, 0.05) is 30.6 Å². The van der Waals surface area contributed by atoms with Crippen molar-refractivity contribution in [3.05, 3.63) is 60.2 Å². The molecule has 2 rings (SSSR count). The van der Waals surface area contributed by atoms with Gasteiger partial charge in [-0.1, -0.05) is 44.4 Å². The molecule has 0 aliphatic heterocycles. The number of rotatable bonds is 13. The normalized spacial score (nSPS) is 10.1. The second kappa shape index (κ2) is 15.1. The molecule has 0 aliphatic carbocycles. The Hall–Kier alpha value is -3.86. The van der Waals surface area contributed by atoms with E-state index in [0.29, 0.717) is 23.6 Å². The molecule has 2 N–H and O–H groups in total. The lowest BCUT2D eigenvalue weighted by Crippen LogP contribution is -2.42. The summed E-state index contributed by atoms with van der Waals surface area (Å²) in [4.78, 5) is 38.5. The molecule has 0 unspecified atom stereocenters. The molecule has 0 bridgehead atoms. The number of benzene rings is 2. The van der Waals surface area contributed by atoms with Gasteiger partial charge in [-0.05, 0) is 42.8 Å². The topological polar surface area (TPSA) is 112 Å². The van der Waals surface area contributed by atoms with Crippen LogP contribution >= 0.6 is 0 Å². The first-order valence-electron chi connectivity index (χ1n) is 11.6. The fourth-order valence-corrected chi connectivity index (χ4v) is 3.21. The maximum atomic E-state index is 12.6. The second-order valence-electron chi connectivity index (χ2n) is 7.72. The van der Waals surface area contributed by atoms with Crippen LogP contribution in [0.15, 0.2) is 54.6 Å². The molecule has 8 heteroatoms. The minimum absolute atomic E-state index is 0.0493. The number of ether oxygens (including phenoxy) is 1. The lowest BCUT2D eigenvalue weighted by Gasteiger charge is -2.21. The number of anilines is 1. The Morgan fingerprint density at radius 3 is 2.35 bits per heavy atom. The smallest absolute Gasteiger partial charge is 0.269 e. The number of hydrogen-bond acceptors (Lipinski definition) is 5. The first kappa shape index (κ1) is 26.4. The number of unbranched alkanes of at least 4 members (excludes halogenated alkanes) is 3. The number of para-hydroxylation sites is 1. The highest BCUT2D eigenvalue weighted by Crippen LogP contribution is 2.16. The molecular weight excluding hydrogens is 432 g/mol. The van der Waals surface area contributed by atoms with Crippen LogP contribution in [-0.2, 0) is 9.59 Å². The van der Waals surface area contributed by atoms with E-state index < -0.39 is 11.8 Å².